The third-order valence-electron chi connectivity index (χ3n) is 6.09. The number of methoxy groups -OCH3 is 1. The van der Waals surface area contributed by atoms with Crippen LogP contribution in [-0.2, 0) is 15.7 Å². The van der Waals surface area contributed by atoms with Crippen LogP contribution in [0.5, 0.6) is 11.5 Å². The van der Waals surface area contributed by atoms with Gasteiger partial charge in [-0.05, 0) is 44.9 Å². The molecule has 3 rings (SSSR count). The first-order chi connectivity index (χ1) is 18.0. The Bertz CT molecular complexity index is 1140. The van der Waals surface area contributed by atoms with E-state index in [2.05, 4.69) is 0 Å². The van der Waals surface area contributed by atoms with Crippen molar-refractivity contribution in [2.24, 2.45) is 5.92 Å². The quantitative estimate of drug-likeness (QED) is 0.206. The van der Waals surface area contributed by atoms with Gasteiger partial charge in [-0.15, -0.1) is 0 Å². The van der Waals surface area contributed by atoms with Crippen molar-refractivity contribution in [1.82, 2.24) is 0 Å². The number of hydrogen-bond acceptors (Lipinski definition) is 5. The normalized spacial score (nSPS) is 13.8. The summed E-state index contributed by atoms with van der Waals surface area (Å²) in [6.07, 6.45) is -0.500. The van der Waals surface area contributed by atoms with E-state index in [0.29, 0.717) is 18.9 Å². The van der Waals surface area contributed by atoms with Gasteiger partial charge in [-0.2, -0.15) is 13.2 Å². The monoisotopic (exact) mass is 539 g/mol. The molecular formula is C28H33F4NO5. The first-order valence-electron chi connectivity index (χ1n) is 12.6. The summed E-state index contributed by atoms with van der Waals surface area (Å²) in [6.45, 7) is 7.43. The molecule has 0 unspecified atom stereocenters. The predicted octanol–water partition coefficient (Wildman–Crippen LogP) is 7.58. The standard InChI is InChI=1S/C26H27F4NO5.C2H6/c1-15(2)31(24(33)17-7-5-4-6-8-17)21-13-20(27)23(12-18(21)25(34)35-3)36-22-10-9-16(14-32)11-19(22)26(28,29)30;1-2/h9-15,17H,4-8H2,1-3H3;1-2H3. The highest BCUT2D eigenvalue weighted by atomic mass is 19.4. The van der Waals surface area contributed by atoms with Gasteiger partial charge in [0.2, 0.25) is 5.91 Å². The molecule has 1 aliphatic rings. The highest BCUT2D eigenvalue weighted by Crippen LogP contribution is 2.41. The Hall–Kier alpha value is -3.43. The van der Waals surface area contributed by atoms with Gasteiger partial charge >= 0.3 is 12.1 Å². The molecule has 1 amide bonds. The number of rotatable bonds is 7. The second-order valence-corrected chi connectivity index (χ2v) is 8.90. The van der Waals surface area contributed by atoms with Gasteiger partial charge < -0.3 is 14.4 Å². The van der Waals surface area contributed by atoms with Crippen LogP contribution in [0, 0.1) is 11.7 Å². The minimum Gasteiger partial charge on any atom is -0.465 e. The first kappa shape index (κ1) is 30.8. The lowest BCUT2D eigenvalue weighted by molar-refractivity contribution is -0.138. The van der Waals surface area contributed by atoms with Crippen LogP contribution in [0.4, 0.5) is 23.2 Å². The summed E-state index contributed by atoms with van der Waals surface area (Å²) in [5.74, 6) is -3.95. The van der Waals surface area contributed by atoms with E-state index in [-0.39, 0.29) is 34.9 Å². The number of aldehydes is 1. The zero-order valence-electron chi connectivity index (χ0n) is 22.2. The van der Waals surface area contributed by atoms with Crippen LogP contribution in [0.25, 0.3) is 0 Å². The lowest BCUT2D eigenvalue weighted by Gasteiger charge is -2.33. The number of benzene rings is 2. The number of ether oxygens (including phenoxy) is 2. The molecule has 0 radical (unpaired) electrons. The topological polar surface area (TPSA) is 72.9 Å². The van der Waals surface area contributed by atoms with Gasteiger partial charge in [-0.3, -0.25) is 9.59 Å². The lowest BCUT2D eigenvalue weighted by atomic mass is 9.87. The summed E-state index contributed by atoms with van der Waals surface area (Å²) >= 11 is 0. The van der Waals surface area contributed by atoms with Crippen LogP contribution in [0.15, 0.2) is 30.3 Å². The Balaban J connectivity index is 0.00000247. The molecule has 1 aliphatic carbocycles. The summed E-state index contributed by atoms with van der Waals surface area (Å²) in [5.41, 5.74) is -1.81. The van der Waals surface area contributed by atoms with E-state index in [4.69, 9.17) is 9.47 Å². The molecule has 2 aromatic rings. The van der Waals surface area contributed by atoms with Crippen molar-refractivity contribution in [3.63, 3.8) is 0 Å². The maximum Gasteiger partial charge on any atom is 0.420 e. The molecule has 0 bridgehead atoms. The average Bonchev–Trinajstić information content (AvgIpc) is 2.90. The Morgan fingerprint density at radius 1 is 1.03 bits per heavy atom. The smallest absolute Gasteiger partial charge is 0.420 e. The van der Waals surface area contributed by atoms with Crippen LogP contribution in [0.3, 0.4) is 0 Å². The van der Waals surface area contributed by atoms with Gasteiger partial charge in [0.1, 0.15) is 12.0 Å². The van der Waals surface area contributed by atoms with Crippen LogP contribution in [0.1, 0.15) is 86.1 Å². The number of hydrogen-bond donors (Lipinski definition) is 0. The van der Waals surface area contributed by atoms with Gasteiger partial charge in [-0.25, -0.2) is 9.18 Å². The molecule has 1 saturated carbocycles. The number of alkyl halides is 3. The third kappa shape index (κ3) is 7.11. The molecule has 10 heteroatoms. The van der Waals surface area contributed by atoms with E-state index in [1.54, 1.807) is 13.8 Å². The molecule has 2 aromatic carbocycles. The summed E-state index contributed by atoms with van der Waals surface area (Å²) in [7, 11) is 1.10. The van der Waals surface area contributed by atoms with Gasteiger partial charge in [0.15, 0.2) is 11.6 Å². The SMILES string of the molecule is CC.COC(=O)c1cc(Oc2ccc(C=O)cc2C(F)(F)F)c(F)cc1N(C(=O)C1CCCCC1)C(C)C. The van der Waals surface area contributed by atoms with E-state index in [9.17, 15) is 27.6 Å². The summed E-state index contributed by atoms with van der Waals surface area (Å²) in [5, 5.41) is 0. The molecule has 0 heterocycles. The number of carbonyl (C=O) groups excluding carboxylic acids is 3. The Morgan fingerprint density at radius 3 is 2.18 bits per heavy atom. The molecule has 0 N–H and O–H groups in total. The van der Waals surface area contributed by atoms with Crippen LogP contribution < -0.4 is 9.64 Å². The van der Waals surface area contributed by atoms with Crippen LogP contribution in [-0.4, -0.2) is 31.3 Å². The molecule has 0 atom stereocenters. The fourth-order valence-electron chi connectivity index (χ4n) is 4.34. The zero-order valence-corrected chi connectivity index (χ0v) is 22.2. The molecule has 0 spiro atoms. The van der Waals surface area contributed by atoms with Crippen LogP contribution in [0.2, 0.25) is 0 Å². The molecule has 0 aromatic heterocycles. The van der Waals surface area contributed by atoms with Gasteiger partial charge in [-0.1, -0.05) is 33.1 Å². The van der Waals surface area contributed by atoms with Crippen molar-refractivity contribution in [3.8, 4) is 11.5 Å². The minimum atomic E-state index is -4.89. The number of halogens is 4. The first-order valence-corrected chi connectivity index (χ1v) is 12.6. The largest absolute Gasteiger partial charge is 0.465 e. The van der Waals surface area contributed by atoms with E-state index >= 15 is 4.39 Å². The highest BCUT2D eigenvalue weighted by Gasteiger charge is 2.36. The summed E-state index contributed by atoms with van der Waals surface area (Å²) in [4.78, 5) is 38.3. The maximum atomic E-state index is 15.2. The molecular weight excluding hydrogens is 506 g/mol. The van der Waals surface area contributed by atoms with Gasteiger partial charge in [0.05, 0.1) is 23.9 Å². The minimum absolute atomic E-state index is 0.0513. The number of amides is 1. The lowest BCUT2D eigenvalue weighted by Crippen LogP contribution is -2.42. The van der Waals surface area contributed by atoms with Crippen molar-refractivity contribution in [1.29, 1.82) is 0 Å². The Kier molecular flexibility index (Phi) is 10.9. The molecule has 1 fully saturated rings. The van der Waals surface area contributed by atoms with E-state index < -0.39 is 41.1 Å². The van der Waals surface area contributed by atoms with E-state index in [0.717, 1.165) is 50.6 Å². The third-order valence-corrected chi connectivity index (χ3v) is 6.09. The van der Waals surface area contributed by atoms with Crippen molar-refractivity contribution in [2.75, 3.05) is 12.0 Å². The second-order valence-electron chi connectivity index (χ2n) is 8.90. The zero-order chi connectivity index (χ0) is 28.6. The van der Waals surface area contributed by atoms with E-state index in [1.165, 1.54) is 4.90 Å². The average molecular weight is 540 g/mol. The fourth-order valence-corrected chi connectivity index (χ4v) is 4.34. The number of nitrogens with zero attached hydrogens (tertiary/aromatic N) is 1. The molecule has 0 aliphatic heterocycles. The Labute approximate surface area is 219 Å². The van der Waals surface area contributed by atoms with E-state index in [1.807, 2.05) is 13.8 Å². The van der Waals surface area contributed by atoms with Gasteiger partial charge in [0, 0.05) is 29.7 Å². The van der Waals surface area contributed by atoms with Crippen molar-refractivity contribution >= 4 is 23.9 Å². The van der Waals surface area contributed by atoms with Crippen molar-refractivity contribution < 1.29 is 41.4 Å². The summed E-state index contributed by atoms with van der Waals surface area (Å²) in [6, 6.07) is 3.95. The molecule has 6 nitrogen and oxygen atoms in total. The number of anilines is 1. The van der Waals surface area contributed by atoms with Crippen LogP contribution >= 0.6 is 0 Å². The fraction of sp³-hybridized carbons (Fsp3) is 0.464. The summed E-state index contributed by atoms with van der Waals surface area (Å²) < 4.78 is 65.9. The molecule has 38 heavy (non-hydrogen) atoms. The number of esters is 1. The molecule has 0 saturated heterocycles. The predicted molar refractivity (Wildman–Crippen MR) is 135 cm³/mol. The highest BCUT2D eigenvalue weighted by molar-refractivity contribution is 6.04. The van der Waals surface area contributed by atoms with Crippen molar-refractivity contribution in [2.45, 2.75) is 72.0 Å². The maximum absolute atomic E-state index is 15.2. The number of carbonyl (C=O) groups is 3. The van der Waals surface area contributed by atoms with Gasteiger partial charge in [0.25, 0.3) is 0 Å². The second kappa shape index (κ2) is 13.4. The Morgan fingerprint density at radius 2 is 1.66 bits per heavy atom. The molecule has 208 valence electrons. The van der Waals surface area contributed by atoms with Crippen molar-refractivity contribution in [3.05, 3.63) is 52.8 Å².